The number of hydrogen-bond donors (Lipinski definition) is 1. The molecule has 1 unspecified atom stereocenters. The second kappa shape index (κ2) is 7.16. The summed E-state index contributed by atoms with van der Waals surface area (Å²) in [5.74, 6) is 0. The van der Waals surface area contributed by atoms with Gasteiger partial charge in [-0.2, -0.15) is 0 Å². The number of benzene rings is 2. The first-order chi connectivity index (χ1) is 13.5. The van der Waals surface area contributed by atoms with Crippen LogP contribution < -0.4 is 11.0 Å². The van der Waals surface area contributed by atoms with E-state index in [4.69, 9.17) is 0 Å². The summed E-state index contributed by atoms with van der Waals surface area (Å²) in [5.41, 5.74) is 3.46. The van der Waals surface area contributed by atoms with Crippen LogP contribution in [0.15, 0.2) is 53.3 Å². The van der Waals surface area contributed by atoms with Gasteiger partial charge < -0.3 is 10.2 Å². The van der Waals surface area contributed by atoms with Crippen molar-refractivity contribution in [3.05, 3.63) is 64.6 Å². The molecule has 0 radical (unpaired) electrons. The van der Waals surface area contributed by atoms with Gasteiger partial charge in [-0.25, -0.2) is 9.59 Å². The third kappa shape index (κ3) is 3.18. The fourth-order valence-corrected chi connectivity index (χ4v) is 3.88. The molecule has 146 valence electrons. The van der Waals surface area contributed by atoms with Gasteiger partial charge >= 0.3 is 11.7 Å². The van der Waals surface area contributed by atoms with E-state index in [2.05, 4.69) is 29.4 Å². The van der Waals surface area contributed by atoms with Crippen molar-refractivity contribution in [2.24, 2.45) is 14.1 Å². The van der Waals surface area contributed by atoms with E-state index >= 15 is 0 Å². The summed E-state index contributed by atoms with van der Waals surface area (Å²) in [4.78, 5) is 29.1. The van der Waals surface area contributed by atoms with E-state index in [9.17, 15) is 9.59 Å². The van der Waals surface area contributed by atoms with Gasteiger partial charge in [0.25, 0.3) is 0 Å². The maximum atomic E-state index is 12.9. The highest BCUT2D eigenvalue weighted by Crippen LogP contribution is 2.25. The largest absolute Gasteiger partial charge is 0.328 e. The van der Waals surface area contributed by atoms with Crippen molar-refractivity contribution in [3.8, 4) is 0 Å². The maximum absolute atomic E-state index is 12.9. The molecule has 1 fully saturated rings. The number of aryl methyl sites for hydroxylation is 2. The molecule has 1 aromatic heterocycles. The number of rotatable bonds is 2. The highest BCUT2D eigenvalue weighted by atomic mass is 16.2. The molecule has 1 saturated heterocycles. The lowest BCUT2D eigenvalue weighted by Crippen LogP contribution is -2.50. The fourth-order valence-electron chi connectivity index (χ4n) is 3.88. The monoisotopic (exact) mass is 379 g/mol. The van der Waals surface area contributed by atoms with Gasteiger partial charge in [-0.3, -0.25) is 14.0 Å². The van der Waals surface area contributed by atoms with Crippen LogP contribution in [0.25, 0.3) is 11.0 Å². The Labute approximate surface area is 163 Å². The van der Waals surface area contributed by atoms with Crippen LogP contribution in [-0.2, 0) is 14.1 Å². The molecule has 1 N–H and O–H groups in total. The molecule has 0 saturated carbocycles. The second-order valence-electron chi connectivity index (χ2n) is 7.39. The minimum absolute atomic E-state index is 0.0803. The van der Waals surface area contributed by atoms with E-state index in [0.29, 0.717) is 18.8 Å². The van der Waals surface area contributed by atoms with E-state index in [0.717, 1.165) is 17.6 Å². The van der Waals surface area contributed by atoms with Crippen LogP contribution in [0.4, 0.5) is 10.5 Å². The zero-order valence-electron chi connectivity index (χ0n) is 16.4. The van der Waals surface area contributed by atoms with Crippen molar-refractivity contribution in [1.29, 1.82) is 0 Å². The van der Waals surface area contributed by atoms with Crippen molar-refractivity contribution < 1.29 is 4.79 Å². The van der Waals surface area contributed by atoms with Crippen LogP contribution in [0.2, 0.25) is 0 Å². The number of nitrogens with zero attached hydrogens (tertiary/aromatic N) is 4. The van der Waals surface area contributed by atoms with E-state index in [1.807, 2.05) is 41.3 Å². The van der Waals surface area contributed by atoms with E-state index < -0.39 is 0 Å². The number of aromatic nitrogens is 2. The fraction of sp³-hybridized carbons (Fsp3) is 0.333. The van der Waals surface area contributed by atoms with Crippen LogP contribution in [0.5, 0.6) is 0 Å². The van der Waals surface area contributed by atoms with E-state index in [1.165, 1.54) is 5.56 Å². The van der Waals surface area contributed by atoms with Crippen molar-refractivity contribution in [2.75, 3.05) is 32.0 Å². The van der Waals surface area contributed by atoms with Gasteiger partial charge in [-0.15, -0.1) is 0 Å². The van der Waals surface area contributed by atoms with Gasteiger partial charge in [0, 0.05) is 39.4 Å². The standard InChI is InChI=1S/C21H25N5O2/c1-23-11-12-26(14-19(23)15-7-5-4-6-8-15)20(27)22-16-9-10-17-18(13-16)25(3)21(28)24(17)2/h4-10,13,19H,11-12,14H2,1-3H3,(H,22,27). The number of fused-ring (bicyclic) bond motifs is 1. The van der Waals surface area contributed by atoms with Crippen molar-refractivity contribution in [3.63, 3.8) is 0 Å². The van der Waals surface area contributed by atoms with Crippen LogP contribution in [0.3, 0.4) is 0 Å². The topological polar surface area (TPSA) is 62.5 Å². The molecule has 2 heterocycles. The lowest BCUT2D eigenvalue weighted by atomic mass is 10.0. The van der Waals surface area contributed by atoms with Crippen molar-refractivity contribution >= 4 is 22.8 Å². The summed E-state index contributed by atoms with van der Waals surface area (Å²) >= 11 is 0. The highest BCUT2D eigenvalue weighted by molar-refractivity contribution is 5.92. The highest BCUT2D eigenvalue weighted by Gasteiger charge is 2.28. The van der Waals surface area contributed by atoms with E-state index in [1.54, 1.807) is 23.2 Å². The van der Waals surface area contributed by atoms with Crippen LogP contribution in [-0.4, -0.2) is 51.6 Å². The summed E-state index contributed by atoms with van der Waals surface area (Å²) < 4.78 is 3.19. The molecule has 0 bridgehead atoms. The van der Waals surface area contributed by atoms with Gasteiger partial charge in [-0.1, -0.05) is 30.3 Å². The first kappa shape index (κ1) is 18.3. The number of amides is 2. The third-order valence-electron chi connectivity index (χ3n) is 5.64. The summed E-state index contributed by atoms with van der Waals surface area (Å²) in [6.07, 6.45) is 0. The van der Waals surface area contributed by atoms with Crippen molar-refractivity contribution in [2.45, 2.75) is 6.04 Å². The molecule has 1 aliphatic heterocycles. The number of nitrogens with one attached hydrogen (secondary N) is 1. The number of imidazole rings is 1. The quantitative estimate of drug-likeness (QED) is 0.744. The summed E-state index contributed by atoms with van der Waals surface area (Å²) in [5, 5.41) is 2.99. The Kier molecular flexibility index (Phi) is 4.68. The Morgan fingerprint density at radius 3 is 2.43 bits per heavy atom. The smallest absolute Gasteiger partial charge is 0.321 e. The Bertz CT molecular complexity index is 1070. The summed E-state index contributed by atoms with van der Waals surface area (Å²) in [7, 11) is 5.58. The Balaban J connectivity index is 1.53. The number of hydrogen-bond acceptors (Lipinski definition) is 3. The molecule has 2 aromatic carbocycles. The minimum Gasteiger partial charge on any atom is -0.321 e. The van der Waals surface area contributed by atoms with Crippen molar-refractivity contribution in [1.82, 2.24) is 18.9 Å². The first-order valence-electron chi connectivity index (χ1n) is 9.42. The second-order valence-corrected chi connectivity index (χ2v) is 7.39. The molecule has 7 heteroatoms. The number of likely N-dealkylation sites (N-methyl/N-ethyl adjacent to an activating group) is 1. The first-order valence-corrected chi connectivity index (χ1v) is 9.42. The SMILES string of the molecule is CN1CCN(C(=O)Nc2ccc3c(c2)n(C)c(=O)n3C)CC1c1ccccc1. The van der Waals surface area contributed by atoms with Crippen LogP contribution in [0.1, 0.15) is 11.6 Å². The average Bonchev–Trinajstić information content (AvgIpc) is 2.93. The molecule has 0 aliphatic carbocycles. The van der Waals surface area contributed by atoms with Gasteiger partial charge in [0.2, 0.25) is 0 Å². The van der Waals surface area contributed by atoms with Gasteiger partial charge in [0.1, 0.15) is 0 Å². The predicted molar refractivity (Wildman–Crippen MR) is 111 cm³/mol. The molecule has 0 spiro atoms. The number of carbonyl (C=O) groups excluding carboxylic acids is 1. The third-order valence-corrected chi connectivity index (χ3v) is 5.64. The lowest BCUT2D eigenvalue weighted by molar-refractivity contribution is 0.116. The minimum atomic E-state index is -0.116. The van der Waals surface area contributed by atoms with Gasteiger partial charge in [0.05, 0.1) is 17.1 Å². The number of anilines is 1. The Morgan fingerprint density at radius 2 is 1.68 bits per heavy atom. The zero-order valence-corrected chi connectivity index (χ0v) is 16.4. The number of urea groups is 1. The van der Waals surface area contributed by atoms with Gasteiger partial charge in [-0.05, 0) is 30.8 Å². The molecular formula is C21H25N5O2. The molecule has 3 aromatic rings. The Hall–Kier alpha value is -3.06. The van der Waals surface area contributed by atoms with E-state index in [-0.39, 0.29) is 17.8 Å². The molecule has 4 rings (SSSR count). The lowest BCUT2D eigenvalue weighted by Gasteiger charge is -2.39. The van der Waals surface area contributed by atoms with Crippen LogP contribution >= 0.6 is 0 Å². The molecule has 1 atom stereocenters. The number of carbonyl (C=O) groups is 1. The molecule has 7 nitrogen and oxygen atoms in total. The molecule has 2 amide bonds. The number of piperazine rings is 1. The molecular weight excluding hydrogens is 354 g/mol. The average molecular weight is 379 g/mol. The molecule has 28 heavy (non-hydrogen) atoms. The maximum Gasteiger partial charge on any atom is 0.328 e. The van der Waals surface area contributed by atoms with Gasteiger partial charge in [0.15, 0.2) is 0 Å². The zero-order chi connectivity index (χ0) is 19.8. The summed E-state index contributed by atoms with van der Waals surface area (Å²) in [6.45, 7) is 2.13. The van der Waals surface area contributed by atoms with Crippen LogP contribution in [0, 0.1) is 0 Å². The normalized spacial score (nSPS) is 17.8. The Morgan fingerprint density at radius 1 is 0.964 bits per heavy atom. The molecule has 1 aliphatic rings. The summed E-state index contributed by atoms with van der Waals surface area (Å²) in [6, 6.07) is 15.9. The predicted octanol–water partition coefficient (Wildman–Crippen LogP) is 2.40.